The van der Waals surface area contributed by atoms with Crippen LogP contribution in [0.15, 0.2) is 18.3 Å². The molecule has 0 saturated carbocycles. The van der Waals surface area contributed by atoms with Gasteiger partial charge in [0.05, 0.1) is 12.6 Å². The molecule has 2 atom stereocenters. The van der Waals surface area contributed by atoms with Gasteiger partial charge in [0.1, 0.15) is 11.3 Å². The number of nitrogens with zero attached hydrogens (tertiary/aromatic N) is 2. The van der Waals surface area contributed by atoms with Crippen molar-refractivity contribution in [2.24, 2.45) is 13.0 Å². The molecule has 7 heteroatoms. The molecule has 1 fully saturated rings. The molecule has 0 aliphatic carbocycles. The Balaban J connectivity index is 1.86. The molecule has 0 spiro atoms. The average molecular weight is 323 g/mol. The highest BCUT2D eigenvalue weighted by Crippen LogP contribution is 2.19. The zero-order valence-electron chi connectivity index (χ0n) is 14.1. The first-order valence-electron chi connectivity index (χ1n) is 7.73. The molecule has 2 heterocycles. The lowest BCUT2D eigenvalue weighted by Gasteiger charge is -2.24. The molecule has 2 N–H and O–H groups in total. The summed E-state index contributed by atoms with van der Waals surface area (Å²) in [4.78, 5) is 25.6. The van der Waals surface area contributed by atoms with Gasteiger partial charge in [-0.05, 0) is 32.9 Å². The van der Waals surface area contributed by atoms with Crippen LogP contribution in [0, 0.1) is 5.92 Å². The fraction of sp³-hybridized carbons (Fsp3) is 0.625. The summed E-state index contributed by atoms with van der Waals surface area (Å²) in [6.45, 7) is 6.30. The molecular weight excluding hydrogens is 298 g/mol. The van der Waals surface area contributed by atoms with Crippen LogP contribution in [0.3, 0.4) is 0 Å². The van der Waals surface area contributed by atoms with Gasteiger partial charge < -0.3 is 24.6 Å². The van der Waals surface area contributed by atoms with Crippen LogP contribution < -0.4 is 5.32 Å². The number of β-amino-alcohol motifs (C(OH)–C–C–N with tert-alkyl or cyclic N) is 1. The normalized spacial score (nSPS) is 21.3. The zero-order chi connectivity index (χ0) is 17.2. The molecule has 1 aliphatic heterocycles. The summed E-state index contributed by atoms with van der Waals surface area (Å²) in [5.41, 5.74) is -0.0116. The molecule has 2 amide bonds. The number of nitrogens with one attached hydrogen (secondary N) is 1. The fourth-order valence-electron chi connectivity index (χ4n) is 2.54. The maximum absolute atomic E-state index is 12.1. The number of ether oxygens (including phenoxy) is 1. The van der Waals surface area contributed by atoms with Crippen LogP contribution >= 0.6 is 0 Å². The van der Waals surface area contributed by atoms with Gasteiger partial charge in [-0.2, -0.15) is 0 Å². The number of aliphatic hydroxyl groups excluding tert-OH is 1. The van der Waals surface area contributed by atoms with Crippen LogP contribution in [0.4, 0.5) is 4.79 Å². The number of aromatic nitrogens is 1. The van der Waals surface area contributed by atoms with E-state index in [0.717, 1.165) is 0 Å². The van der Waals surface area contributed by atoms with Crippen molar-refractivity contribution in [2.45, 2.75) is 32.5 Å². The Bertz CT molecular complexity index is 576. The van der Waals surface area contributed by atoms with Gasteiger partial charge >= 0.3 is 6.09 Å². The van der Waals surface area contributed by atoms with Crippen LogP contribution in [0.2, 0.25) is 0 Å². The molecule has 1 saturated heterocycles. The Morgan fingerprint density at radius 2 is 2.09 bits per heavy atom. The van der Waals surface area contributed by atoms with E-state index in [4.69, 9.17) is 4.74 Å². The highest BCUT2D eigenvalue weighted by Gasteiger charge is 2.36. The van der Waals surface area contributed by atoms with Crippen molar-refractivity contribution in [2.75, 3.05) is 19.6 Å². The van der Waals surface area contributed by atoms with E-state index in [2.05, 4.69) is 5.32 Å². The van der Waals surface area contributed by atoms with Crippen molar-refractivity contribution in [1.29, 1.82) is 0 Å². The van der Waals surface area contributed by atoms with Crippen molar-refractivity contribution < 1.29 is 19.4 Å². The summed E-state index contributed by atoms with van der Waals surface area (Å²) < 4.78 is 7.03. The minimum Gasteiger partial charge on any atom is -0.444 e. The number of hydrogen-bond acceptors (Lipinski definition) is 4. The molecule has 0 bridgehead atoms. The van der Waals surface area contributed by atoms with E-state index >= 15 is 0 Å². The number of carbonyl (C=O) groups is 2. The van der Waals surface area contributed by atoms with E-state index in [0.29, 0.717) is 18.8 Å². The molecular formula is C16H25N3O4. The predicted octanol–water partition coefficient (Wildman–Crippen LogP) is 0.983. The number of likely N-dealkylation sites (tertiary alicyclic amines) is 1. The second-order valence-corrected chi connectivity index (χ2v) is 6.93. The highest BCUT2D eigenvalue weighted by molar-refractivity contribution is 5.92. The van der Waals surface area contributed by atoms with Gasteiger partial charge in [0, 0.05) is 32.3 Å². The third kappa shape index (κ3) is 4.48. The van der Waals surface area contributed by atoms with Crippen LogP contribution in [-0.2, 0) is 11.8 Å². The van der Waals surface area contributed by atoms with Crippen molar-refractivity contribution in [1.82, 2.24) is 14.8 Å². The van der Waals surface area contributed by atoms with Crippen LogP contribution in [0.1, 0.15) is 31.3 Å². The lowest BCUT2D eigenvalue weighted by molar-refractivity contribution is 0.0269. The Morgan fingerprint density at radius 3 is 2.65 bits per heavy atom. The standard InChI is InChI=1S/C16H25N3O4/c1-16(2,3)23-15(22)19-9-11(13(20)10-19)8-17-14(21)12-6-5-7-18(12)4/h5-7,11,13,20H,8-10H2,1-4H3,(H,17,21). The minimum atomic E-state index is -0.670. The summed E-state index contributed by atoms with van der Waals surface area (Å²) in [6.07, 6.45) is 0.688. The van der Waals surface area contributed by atoms with Crippen molar-refractivity contribution in [3.63, 3.8) is 0 Å². The predicted molar refractivity (Wildman–Crippen MR) is 85.1 cm³/mol. The molecule has 2 unspecified atom stereocenters. The van der Waals surface area contributed by atoms with Crippen molar-refractivity contribution in [3.8, 4) is 0 Å². The number of amides is 2. The second-order valence-electron chi connectivity index (χ2n) is 6.93. The van der Waals surface area contributed by atoms with Crippen LogP contribution in [0.25, 0.3) is 0 Å². The quantitative estimate of drug-likeness (QED) is 0.868. The van der Waals surface area contributed by atoms with E-state index < -0.39 is 17.8 Å². The highest BCUT2D eigenvalue weighted by atomic mass is 16.6. The van der Waals surface area contributed by atoms with Gasteiger partial charge in [-0.15, -0.1) is 0 Å². The van der Waals surface area contributed by atoms with E-state index in [1.165, 1.54) is 4.90 Å². The molecule has 23 heavy (non-hydrogen) atoms. The van der Waals surface area contributed by atoms with Crippen molar-refractivity contribution >= 4 is 12.0 Å². The Hall–Kier alpha value is -2.02. The summed E-state index contributed by atoms with van der Waals surface area (Å²) in [6, 6.07) is 3.52. The van der Waals surface area contributed by atoms with Gasteiger partial charge in [0.15, 0.2) is 0 Å². The zero-order valence-corrected chi connectivity index (χ0v) is 14.1. The first-order chi connectivity index (χ1) is 10.7. The Morgan fingerprint density at radius 1 is 1.39 bits per heavy atom. The molecule has 128 valence electrons. The lowest BCUT2D eigenvalue weighted by Crippen LogP contribution is -2.37. The molecule has 1 aromatic heterocycles. The molecule has 2 rings (SSSR count). The van der Waals surface area contributed by atoms with Crippen LogP contribution in [0.5, 0.6) is 0 Å². The maximum Gasteiger partial charge on any atom is 0.410 e. The van der Waals surface area contributed by atoms with E-state index in [1.54, 1.807) is 50.7 Å². The molecule has 7 nitrogen and oxygen atoms in total. The van der Waals surface area contributed by atoms with E-state index in [-0.39, 0.29) is 18.4 Å². The summed E-state index contributed by atoms with van der Waals surface area (Å²) in [7, 11) is 1.80. The molecule has 1 aliphatic rings. The number of hydrogen-bond donors (Lipinski definition) is 2. The minimum absolute atomic E-state index is 0.194. The molecule has 0 aromatic carbocycles. The number of aliphatic hydroxyl groups is 1. The molecule has 1 aromatic rings. The number of aryl methyl sites for hydroxylation is 1. The first-order valence-corrected chi connectivity index (χ1v) is 7.73. The van der Waals surface area contributed by atoms with Crippen LogP contribution in [-0.4, -0.2) is 57.9 Å². The maximum atomic E-state index is 12.1. The third-order valence-electron chi connectivity index (χ3n) is 3.76. The Kier molecular flexibility index (Phi) is 4.99. The van der Waals surface area contributed by atoms with Gasteiger partial charge in [-0.1, -0.05) is 0 Å². The molecule has 0 radical (unpaired) electrons. The number of carbonyl (C=O) groups excluding carboxylic acids is 2. The fourth-order valence-corrected chi connectivity index (χ4v) is 2.54. The monoisotopic (exact) mass is 323 g/mol. The summed E-state index contributed by atoms with van der Waals surface area (Å²) in [5.74, 6) is -0.396. The largest absolute Gasteiger partial charge is 0.444 e. The summed E-state index contributed by atoms with van der Waals surface area (Å²) >= 11 is 0. The first kappa shape index (κ1) is 17.3. The van der Waals surface area contributed by atoms with Gasteiger partial charge in [-0.3, -0.25) is 4.79 Å². The van der Waals surface area contributed by atoms with Gasteiger partial charge in [0.2, 0.25) is 0 Å². The Labute approximate surface area is 136 Å². The topological polar surface area (TPSA) is 83.8 Å². The second kappa shape index (κ2) is 6.62. The SMILES string of the molecule is Cn1cccc1C(=O)NCC1CN(C(=O)OC(C)(C)C)CC1O. The van der Waals surface area contributed by atoms with E-state index in [9.17, 15) is 14.7 Å². The van der Waals surface area contributed by atoms with E-state index in [1.807, 2.05) is 0 Å². The third-order valence-corrected chi connectivity index (χ3v) is 3.76. The number of rotatable bonds is 3. The summed E-state index contributed by atoms with van der Waals surface area (Å²) in [5, 5.41) is 12.9. The smallest absolute Gasteiger partial charge is 0.410 e. The van der Waals surface area contributed by atoms with Gasteiger partial charge in [-0.25, -0.2) is 4.79 Å². The average Bonchev–Trinajstić information content (AvgIpc) is 3.00. The van der Waals surface area contributed by atoms with Crippen molar-refractivity contribution in [3.05, 3.63) is 24.0 Å². The van der Waals surface area contributed by atoms with Gasteiger partial charge in [0.25, 0.3) is 5.91 Å². The lowest BCUT2D eigenvalue weighted by atomic mass is 10.1.